The highest BCUT2D eigenvalue weighted by atomic mass is 16.4. The smallest absolute Gasteiger partial charge is 0.328 e. The topological polar surface area (TPSA) is 191 Å². The van der Waals surface area contributed by atoms with Crippen LogP contribution in [-0.4, -0.2) is 69.8 Å². The van der Waals surface area contributed by atoms with Crippen LogP contribution in [0.4, 0.5) is 0 Å². The molecule has 1 aromatic carbocycles. The van der Waals surface area contributed by atoms with Crippen LogP contribution >= 0.6 is 0 Å². The van der Waals surface area contributed by atoms with Crippen LogP contribution in [0.15, 0.2) is 24.3 Å². The summed E-state index contributed by atoms with van der Waals surface area (Å²) in [5, 5.41) is 35.2. The third kappa shape index (κ3) is 9.36. The number of benzene rings is 1. The number of carbonyl (C=O) groups is 4. The van der Waals surface area contributed by atoms with Gasteiger partial charge in [-0.25, -0.2) is 4.79 Å². The van der Waals surface area contributed by atoms with Crippen molar-refractivity contribution in [3.63, 3.8) is 0 Å². The average molecular weight is 481 g/mol. The third-order valence-electron chi connectivity index (χ3n) is 5.12. The van der Waals surface area contributed by atoms with Crippen molar-refractivity contribution in [1.29, 1.82) is 0 Å². The van der Waals surface area contributed by atoms with Gasteiger partial charge in [0.05, 0.1) is 12.6 Å². The lowest BCUT2D eigenvalue weighted by molar-refractivity contribution is -0.143. The highest BCUT2D eigenvalue weighted by Gasteiger charge is 2.31. The summed E-state index contributed by atoms with van der Waals surface area (Å²) in [4.78, 5) is 49.6. The van der Waals surface area contributed by atoms with Gasteiger partial charge in [0.25, 0.3) is 0 Å². The van der Waals surface area contributed by atoms with E-state index in [9.17, 15) is 29.4 Å². The first-order valence-electron chi connectivity index (χ1n) is 11.1. The van der Waals surface area contributed by atoms with E-state index in [2.05, 4.69) is 16.0 Å². The van der Waals surface area contributed by atoms with Gasteiger partial charge in [0.1, 0.15) is 23.9 Å². The van der Waals surface area contributed by atoms with Gasteiger partial charge in [-0.05, 0) is 36.0 Å². The molecule has 0 heterocycles. The minimum absolute atomic E-state index is 0.0142. The maximum Gasteiger partial charge on any atom is 0.328 e. The van der Waals surface area contributed by atoms with Crippen molar-refractivity contribution >= 4 is 23.7 Å². The molecule has 8 N–H and O–H groups in total. The van der Waals surface area contributed by atoms with E-state index in [4.69, 9.17) is 10.8 Å². The number of carboxylic acid groups (broad SMARTS) is 1. The summed E-state index contributed by atoms with van der Waals surface area (Å²) in [6.07, 6.45) is 0.406. The molecule has 0 saturated heterocycles. The largest absolute Gasteiger partial charge is 0.508 e. The molecule has 0 unspecified atom stereocenters. The number of aliphatic hydroxyl groups excluding tert-OH is 1. The van der Waals surface area contributed by atoms with Crippen LogP contribution in [0.1, 0.15) is 39.7 Å². The van der Waals surface area contributed by atoms with Gasteiger partial charge in [-0.1, -0.05) is 39.8 Å². The molecule has 0 radical (unpaired) electrons. The monoisotopic (exact) mass is 480 g/mol. The van der Waals surface area contributed by atoms with E-state index in [1.807, 2.05) is 13.8 Å². The molecule has 0 aliphatic carbocycles. The molecular formula is C23H36N4O7. The Hall–Kier alpha value is -3.18. The maximum absolute atomic E-state index is 13.1. The number of aliphatic carboxylic acids is 1. The normalized spacial score (nSPS) is 14.7. The van der Waals surface area contributed by atoms with Gasteiger partial charge in [0, 0.05) is 6.42 Å². The van der Waals surface area contributed by atoms with Gasteiger partial charge < -0.3 is 37.0 Å². The van der Waals surface area contributed by atoms with Crippen LogP contribution in [0.2, 0.25) is 0 Å². The van der Waals surface area contributed by atoms with Crippen molar-refractivity contribution in [3.05, 3.63) is 29.8 Å². The van der Waals surface area contributed by atoms with Gasteiger partial charge in [0.15, 0.2) is 0 Å². The molecule has 0 saturated carbocycles. The lowest BCUT2D eigenvalue weighted by Gasteiger charge is -2.27. The van der Waals surface area contributed by atoms with Crippen LogP contribution in [0.25, 0.3) is 0 Å². The Morgan fingerprint density at radius 2 is 1.44 bits per heavy atom. The molecule has 1 aromatic rings. The molecule has 0 aliphatic rings. The molecule has 3 amide bonds. The summed E-state index contributed by atoms with van der Waals surface area (Å²) in [5.41, 5.74) is 6.50. The number of carboxylic acids is 1. The van der Waals surface area contributed by atoms with E-state index in [0.717, 1.165) is 0 Å². The Kier molecular flexibility index (Phi) is 11.5. The highest BCUT2D eigenvalue weighted by Crippen LogP contribution is 2.13. The fraction of sp³-hybridized carbons (Fsp3) is 0.565. The first-order chi connectivity index (χ1) is 15.8. The SMILES string of the molecule is CC(C)C[C@H](N)C(=O)N[C@H](C(=O)N[C@@H](Cc1ccc(O)cc1)C(=O)N[C@@H](CO)C(=O)O)C(C)C. The molecule has 0 aromatic heterocycles. The quantitative estimate of drug-likeness (QED) is 0.196. The van der Waals surface area contributed by atoms with Crippen molar-refractivity contribution in [3.8, 4) is 5.75 Å². The van der Waals surface area contributed by atoms with Crippen molar-refractivity contribution in [2.45, 2.75) is 64.7 Å². The first-order valence-corrected chi connectivity index (χ1v) is 11.1. The number of hydrogen-bond donors (Lipinski definition) is 7. The molecule has 11 heteroatoms. The van der Waals surface area contributed by atoms with Crippen LogP contribution < -0.4 is 21.7 Å². The number of hydrogen-bond acceptors (Lipinski definition) is 7. The molecule has 190 valence electrons. The zero-order chi connectivity index (χ0) is 26.0. The standard InChI is InChI=1S/C23H36N4O7/c1-12(2)9-16(24)20(30)27-19(13(3)4)22(32)25-17(10-14-5-7-15(29)8-6-14)21(31)26-18(11-28)23(33)34/h5-8,12-13,16-19,28-29H,9-11,24H2,1-4H3,(H,25,32)(H,26,31)(H,27,30)(H,33,34)/t16-,17-,18-,19-/m0/s1. The Morgan fingerprint density at radius 3 is 1.91 bits per heavy atom. The van der Waals surface area contributed by atoms with E-state index >= 15 is 0 Å². The van der Waals surface area contributed by atoms with Crippen LogP contribution in [0, 0.1) is 11.8 Å². The number of nitrogens with one attached hydrogen (secondary N) is 3. The van der Waals surface area contributed by atoms with Crippen LogP contribution in [0.3, 0.4) is 0 Å². The number of rotatable bonds is 13. The summed E-state index contributed by atoms with van der Waals surface area (Å²) in [5.74, 6) is -3.54. The number of aromatic hydroxyl groups is 1. The third-order valence-corrected chi connectivity index (χ3v) is 5.12. The molecule has 0 fully saturated rings. The Bertz CT molecular complexity index is 842. The molecule has 0 spiro atoms. The molecule has 0 bridgehead atoms. The summed E-state index contributed by atoms with van der Waals surface area (Å²) >= 11 is 0. The molecule has 1 rings (SSSR count). The molecule has 34 heavy (non-hydrogen) atoms. The lowest BCUT2D eigenvalue weighted by atomic mass is 9.99. The fourth-order valence-corrected chi connectivity index (χ4v) is 3.21. The average Bonchev–Trinajstić information content (AvgIpc) is 2.75. The minimum atomic E-state index is -1.55. The first kappa shape index (κ1) is 28.9. The van der Waals surface area contributed by atoms with Gasteiger partial charge in [-0.15, -0.1) is 0 Å². The van der Waals surface area contributed by atoms with Crippen molar-refractivity contribution in [2.75, 3.05) is 6.61 Å². The van der Waals surface area contributed by atoms with E-state index < -0.39 is 54.5 Å². The number of aliphatic hydroxyl groups is 1. The lowest BCUT2D eigenvalue weighted by Crippen LogP contribution is -2.59. The van der Waals surface area contributed by atoms with Gasteiger partial charge >= 0.3 is 5.97 Å². The van der Waals surface area contributed by atoms with E-state index in [1.54, 1.807) is 26.0 Å². The second-order valence-corrected chi connectivity index (χ2v) is 8.98. The second-order valence-electron chi connectivity index (χ2n) is 8.98. The molecule has 0 aliphatic heterocycles. The minimum Gasteiger partial charge on any atom is -0.508 e. The van der Waals surface area contributed by atoms with E-state index in [1.165, 1.54) is 12.1 Å². The van der Waals surface area contributed by atoms with Crippen LogP contribution in [0.5, 0.6) is 5.75 Å². The predicted octanol–water partition coefficient (Wildman–Crippen LogP) is -0.505. The summed E-state index contributed by atoms with van der Waals surface area (Å²) in [6, 6.07) is 1.36. The van der Waals surface area contributed by atoms with Crippen molar-refractivity contribution in [1.82, 2.24) is 16.0 Å². The molecular weight excluding hydrogens is 444 g/mol. The maximum atomic E-state index is 13.1. The fourth-order valence-electron chi connectivity index (χ4n) is 3.21. The molecule has 11 nitrogen and oxygen atoms in total. The van der Waals surface area contributed by atoms with Gasteiger partial charge in [-0.3, -0.25) is 14.4 Å². The number of carbonyl (C=O) groups excluding carboxylic acids is 3. The Balaban J connectivity index is 3.07. The van der Waals surface area contributed by atoms with Crippen molar-refractivity contribution < 1.29 is 34.5 Å². The van der Waals surface area contributed by atoms with Gasteiger partial charge in [-0.2, -0.15) is 0 Å². The highest BCUT2D eigenvalue weighted by molar-refractivity contribution is 5.94. The van der Waals surface area contributed by atoms with Crippen LogP contribution in [-0.2, 0) is 25.6 Å². The summed E-state index contributed by atoms with van der Waals surface area (Å²) in [6.45, 7) is 6.45. The zero-order valence-electron chi connectivity index (χ0n) is 19.9. The van der Waals surface area contributed by atoms with E-state index in [-0.39, 0.29) is 24.0 Å². The van der Waals surface area contributed by atoms with Gasteiger partial charge in [0.2, 0.25) is 17.7 Å². The Labute approximate surface area is 199 Å². The van der Waals surface area contributed by atoms with E-state index in [0.29, 0.717) is 12.0 Å². The number of phenolic OH excluding ortho intramolecular Hbond substituents is 1. The molecule has 4 atom stereocenters. The number of amides is 3. The summed E-state index contributed by atoms with van der Waals surface area (Å²) < 4.78 is 0. The number of phenols is 1. The Morgan fingerprint density at radius 1 is 0.882 bits per heavy atom. The zero-order valence-corrected chi connectivity index (χ0v) is 19.9. The second kappa shape index (κ2) is 13.5. The predicted molar refractivity (Wildman–Crippen MR) is 125 cm³/mol. The summed E-state index contributed by atoms with van der Waals surface area (Å²) in [7, 11) is 0. The van der Waals surface area contributed by atoms with Crippen molar-refractivity contribution in [2.24, 2.45) is 17.6 Å². The number of nitrogens with two attached hydrogens (primary N) is 1.